The van der Waals surface area contributed by atoms with Crippen molar-refractivity contribution < 1.29 is 34.4 Å². The molecule has 39 heavy (non-hydrogen) atoms. The second-order valence-corrected chi connectivity index (χ2v) is 15.3. The molecule has 0 aliphatic heterocycles. The summed E-state index contributed by atoms with van der Waals surface area (Å²) in [4.78, 5) is 26.6. The average molecular weight is 547 g/mol. The molecule has 0 spiro atoms. The number of aliphatic hydroxyl groups excluding tert-OH is 3. The van der Waals surface area contributed by atoms with Crippen LogP contribution in [0.25, 0.3) is 0 Å². The van der Waals surface area contributed by atoms with Crippen LogP contribution in [0.15, 0.2) is 11.6 Å². The van der Waals surface area contributed by atoms with Crippen molar-refractivity contribution in [3.8, 4) is 0 Å². The van der Waals surface area contributed by atoms with Gasteiger partial charge < -0.3 is 24.8 Å². The van der Waals surface area contributed by atoms with Crippen LogP contribution in [0.3, 0.4) is 0 Å². The van der Waals surface area contributed by atoms with Gasteiger partial charge in [0.05, 0.1) is 43.4 Å². The van der Waals surface area contributed by atoms with Crippen molar-refractivity contribution >= 4 is 11.9 Å². The fourth-order valence-corrected chi connectivity index (χ4v) is 11.1. The molecule has 5 aliphatic rings. The van der Waals surface area contributed by atoms with Crippen LogP contribution in [-0.4, -0.2) is 59.8 Å². The fraction of sp³-hybridized carbons (Fsp3) is 0.875. The SMILES string of the molecule is COC(=O)[C@]12CCC(C)(C)[C@H](O)[C@H]1C1=CC[C@@H]3[C@@]4(C)C[C@@H](O)[C@H](O)[C@](C)(C(=O)OC)[C@H]4CC[C@@]3(C)[C@]1(C)CC2. The first-order valence-electron chi connectivity index (χ1n) is 14.9. The summed E-state index contributed by atoms with van der Waals surface area (Å²) >= 11 is 0. The minimum Gasteiger partial charge on any atom is -0.469 e. The second-order valence-electron chi connectivity index (χ2n) is 15.3. The van der Waals surface area contributed by atoms with E-state index in [0.717, 1.165) is 32.1 Å². The van der Waals surface area contributed by atoms with E-state index in [4.69, 9.17) is 9.47 Å². The van der Waals surface area contributed by atoms with Crippen LogP contribution in [-0.2, 0) is 19.1 Å². The Kier molecular flexibility index (Phi) is 6.54. The first-order chi connectivity index (χ1) is 18.0. The number of allylic oxidation sites excluding steroid dienone is 1. The lowest BCUT2D eigenvalue weighted by Crippen LogP contribution is -2.69. The lowest BCUT2D eigenvalue weighted by Gasteiger charge is -2.71. The Morgan fingerprint density at radius 3 is 2.05 bits per heavy atom. The molecule has 0 radical (unpaired) electrons. The van der Waals surface area contributed by atoms with Gasteiger partial charge in [-0.2, -0.15) is 0 Å². The number of ether oxygens (including phenoxy) is 2. The molecule has 0 amide bonds. The van der Waals surface area contributed by atoms with Crippen LogP contribution in [0, 0.1) is 50.2 Å². The van der Waals surface area contributed by atoms with Crippen LogP contribution in [0.1, 0.15) is 92.9 Å². The predicted molar refractivity (Wildman–Crippen MR) is 146 cm³/mol. The Labute approximate surface area is 233 Å². The van der Waals surface area contributed by atoms with Gasteiger partial charge in [-0.3, -0.25) is 9.59 Å². The van der Waals surface area contributed by atoms with E-state index in [9.17, 15) is 24.9 Å². The topological polar surface area (TPSA) is 113 Å². The fourth-order valence-electron chi connectivity index (χ4n) is 11.1. The van der Waals surface area contributed by atoms with E-state index in [2.05, 4.69) is 40.7 Å². The van der Waals surface area contributed by atoms with Gasteiger partial charge in [0.15, 0.2) is 0 Å². The highest BCUT2D eigenvalue weighted by molar-refractivity contribution is 5.79. The number of methoxy groups -OCH3 is 2. The zero-order chi connectivity index (χ0) is 29.0. The highest BCUT2D eigenvalue weighted by atomic mass is 16.5. The molecule has 5 aliphatic carbocycles. The molecule has 5 rings (SSSR count). The van der Waals surface area contributed by atoms with Gasteiger partial charge in [-0.1, -0.05) is 46.3 Å². The maximum atomic E-state index is 13.4. The number of carbonyl (C=O) groups excluding carboxylic acids is 2. The van der Waals surface area contributed by atoms with Crippen molar-refractivity contribution in [3.05, 3.63) is 11.6 Å². The lowest BCUT2D eigenvalue weighted by molar-refractivity contribution is -0.243. The van der Waals surface area contributed by atoms with E-state index >= 15 is 0 Å². The summed E-state index contributed by atoms with van der Waals surface area (Å²) < 4.78 is 10.6. The molecule has 0 aromatic heterocycles. The van der Waals surface area contributed by atoms with Gasteiger partial charge in [-0.15, -0.1) is 0 Å². The zero-order valence-corrected chi connectivity index (χ0v) is 25.2. The lowest BCUT2D eigenvalue weighted by atomic mass is 9.33. The minimum atomic E-state index is -1.19. The van der Waals surface area contributed by atoms with Gasteiger partial charge in [0.1, 0.15) is 0 Å². The molecule has 0 heterocycles. The van der Waals surface area contributed by atoms with E-state index < -0.39 is 40.5 Å². The number of hydrogen-bond acceptors (Lipinski definition) is 7. The van der Waals surface area contributed by atoms with Gasteiger partial charge in [-0.05, 0) is 91.8 Å². The Morgan fingerprint density at radius 1 is 0.821 bits per heavy atom. The smallest absolute Gasteiger partial charge is 0.314 e. The molecule has 0 aromatic rings. The Balaban J connectivity index is 1.64. The van der Waals surface area contributed by atoms with E-state index in [1.807, 2.05) is 0 Å². The summed E-state index contributed by atoms with van der Waals surface area (Å²) in [6.45, 7) is 12.9. The van der Waals surface area contributed by atoms with Gasteiger partial charge in [-0.25, -0.2) is 0 Å². The van der Waals surface area contributed by atoms with Crippen LogP contribution >= 0.6 is 0 Å². The van der Waals surface area contributed by atoms with Gasteiger partial charge >= 0.3 is 11.9 Å². The highest BCUT2D eigenvalue weighted by Crippen LogP contribution is 2.76. The molecule has 0 bridgehead atoms. The largest absolute Gasteiger partial charge is 0.469 e. The summed E-state index contributed by atoms with van der Waals surface area (Å²) in [6, 6.07) is 0. The van der Waals surface area contributed by atoms with E-state index in [0.29, 0.717) is 19.3 Å². The number of aliphatic hydroxyl groups is 3. The quantitative estimate of drug-likeness (QED) is 0.347. The molecular formula is C32H50O7. The third-order valence-corrected chi connectivity index (χ3v) is 13.7. The van der Waals surface area contributed by atoms with Crippen LogP contribution in [0.2, 0.25) is 0 Å². The van der Waals surface area contributed by atoms with Crippen molar-refractivity contribution in [2.24, 2.45) is 50.2 Å². The first-order valence-corrected chi connectivity index (χ1v) is 14.9. The zero-order valence-electron chi connectivity index (χ0n) is 25.2. The normalized spacial score (nSPS) is 52.2. The Bertz CT molecular complexity index is 1080. The second kappa shape index (κ2) is 8.78. The number of fused-ring (bicyclic) bond motifs is 7. The number of esters is 2. The van der Waals surface area contributed by atoms with Gasteiger partial charge in [0, 0.05) is 5.92 Å². The third kappa shape index (κ3) is 3.39. The molecule has 11 atom stereocenters. The number of rotatable bonds is 2. The standard InChI is InChI=1S/C32H50O7/c1-27(2)13-15-32(26(37)39-8)16-14-29(4)18(22(32)24(27)35)9-10-20-28(3)17-19(33)23(34)31(6,25(36)38-7)21(28)11-12-30(20,29)5/h9,19-24,33-35H,10-17H2,1-8H3/t19-,20-,21+,22-,23+,24-,28-,29-,30-,31-,32+/m1/s1. The molecule has 7 heteroatoms. The minimum absolute atomic E-state index is 0.135. The van der Waals surface area contributed by atoms with Crippen molar-refractivity contribution in [3.63, 3.8) is 0 Å². The van der Waals surface area contributed by atoms with E-state index in [1.54, 1.807) is 6.92 Å². The van der Waals surface area contributed by atoms with Gasteiger partial charge in [0.25, 0.3) is 0 Å². The highest BCUT2D eigenvalue weighted by Gasteiger charge is 2.72. The molecule has 0 unspecified atom stereocenters. The van der Waals surface area contributed by atoms with E-state index in [-0.39, 0.29) is 40.0 Å². The van der Waals surface area contributed by atoms with Crippen molar-refractivity contribution in [2.75, 3.05) is 14.2 Å². The van der Waals surface area contributed by atoms with Gasteiger partial charge in [0.2, 0.25) is 0 Å². The van der Waals surface area contributed by atoms with Crippen LogP contribution in [0.5, 0.6) is 0 Å². The van der Waals surface area contributed by atoms with Crippen molar-refractivity contribution in [2.45, 2.75) is 111 Å². The average Bonchev–Trinajstić information content (AvgIpc) is 2.88. The molecule has 7 nitrogen and oxygen atoms in total. The molecule has 4 saturated carbocycles. The maximum Gasteiger partial charge on any atom is 0.314 e. The summed E-state index contributed by atoms with van der Waals surface area (Å²) in [7, 11) is 2.82. The van der Waals surface area contributed by atoms with Crippen molar-refractivity contribution in [1.82, 2.24) is 0 Å². The van der Waals surface area contributed by atoms with Crippen LogP contribution in [0.4, 0.5) is 0 Å². The van der Waals surface area contributed by atoms with Crippen molar-refractivity contribution in [1.29, 1.82) is 0 Å². The molecule has 0 saturated heterocycles. The summed E-state index contributed by atoms with van der Waals surface area (Å²) in [6.07, 6.45) is 5.21. The van der Waals surface area contributed by atoms with E-state index in [1.165, 1.54) is 19.8 Å². The number of hydrogen-bond donors (Lipinski definition) is 3. The molecule has 4 fully saturated rings. The summed E-state index contributed by atoms with van der Waals surface area (Å²) in [5, 5.41) is 34.1. The predicted octanol–water partition coefficient (Wildman–Crippen LogP) is 4.42. The number of carbonyl (C=O) groups is 2. The Morgan fingerprint density at radius 2 is 1.44 bits per heavy atom. The van der Waals surface area contributed by atoms with Crippen LogP contribution < -0.4 is 0 Å². The first kappa shape index (κ1) is 29.1. The third-order valence-electron chi connectivity index (χ3n) is 13.7. The Hall–Kier alpha value is -1.44. The molecule has 3 N–H and O–H groups in total. The summed E-state index contributed by atoms with van der Waals surface area (Å²) in [5.74, 6) is -0.937. The monoisotopic (exact) mass is 546 g/mol. The summed E-state index contributed by atoms with van der Waals surface area (Å²) in [5.41, 5.74) is -1.85. The molecular weight excluding hydrogens is 496 g/mol. The molecule has 0 aromatic carbocycles. The molecule has 220 valence electrons. The maximum absolute atomic E-state index is 13.4.